The first-order chi connectivity index (χ1) is 7.13. The summed E-state index contributed by atoms with van der Waals surface area (Å²) < 4.78 is 0. The number of carbonyl (C=O) groups excluding carboxylic acids is 1. The highest BCUT2D eigenvalue weighted by Crippen LogP contribution is 1.99. The average Bonchev–Trinajstić information content (AvgIpc) is 2.18. The number of pyridine rings is 1. The van der Waals surface area contributed by atoms with Crippen LogP contribution >= 0.6 is 11.8 Å². The van der Waals surface area contributed by atoms with Gasteiger partial charge in [-0.25, -0.2) is 0 Å². The Hall–Kier alpha value is -1.23. The Morgan fingerprint density at radius 3 is 2.87 bits per heavy atom. The topological polar surface area (TPSA) is 62.0 Å². The lowest BCUT2D eigenvalue weighted by Crippen LogP contribution is -2.34. The SMILES string of the molecule is CSCC(C)NC(=O)c1ccc(=O)[nH]c1. The lowest BCUT2D eigenvalue weighted by molar-refractivity contribution is 0.0943. The average molecular weight is 226 g/mol. The van der Waals surface area contributed by atoms with Gasteiger partial charge in [0.05, 0.1) is 5.56 Å². The summed E-state index contributed by atoms with van der Waals surface area (Å²) in [6.45, 7) is 1.94. The van der Waals surface area contributed by atoms with E-state index >= 15 is 0 Å². The quantitative estimate of drug-likeness (QED) is 0.800. The van der Waals surface area contributed by atoms with E-state index in [4.69, 9.17) is 0 Å². The van der Waals surface area contributed by atoms with Gasteiger partial charge in [0.25, 0.3) is 5.91 Å². The van der Waals surface area contributed by atoms with Gasteiger partial charge in [0.2, 0.25) is 5.56 Å². The summed E-state index contributed by atoms with van der Waals surface area (Å²) in [7, 11) is 0. The molecule has 0 saturated carbocycles. The molecule has 0 spiro atoms. The zero-order valence-corrected chi connectivity index (χ0v) is 9.56. The fraction of sp³-hybridized carbons (Fsp3) is 0.400. The predicted molar refractivity (Wildman–Crippen MR) is 62.4 cm³/mol. The van der Waals surface area contributed by atoms with E-state index in [9.17, 15) is 9.59 Å². The summed E-state index contributed by atoms with van der Waals surface area (Å²) in [5.41, 5.74) is 0.270. The number of nitrogens with one attached hydrogen (secondary N) is 2. The number of thioether (sulfide) groups is 1. The van der Waals surface area contributed by atoms with Crippen molar-refractivity contribution in [3.63, 3.8) is 0 Å². The Labute approximate surface area is 92.5 Å². The summed E-state index contributed by atoms with van der Waals surface area (Å²) in [5.74, 6) is 0.711. The molecule has 4 nitrogen and oxygen atoms in total. The molecule has 82 valence electrons. The zero-order valence-electron chi connectivity index (χ0n) is 8.74. The molecule has 0 aliphatic carbocycles. The highest BCUT2D eigenvalue weighted by atomic mass is 32.2. The first-order valence-corrected chi connectivity index (χ1v) is 6.01. The van der Waals surface area contributed by atoms with Crippen molar-refractivity contribution in [1.29, 1.82) is 0 Å². The van der Waals surface area contributed by atoms with E-state index in [1.54, 1.807) is 11.8 Å². The molecule has 0 aliphatic rings. The Morgan fingerprint density at radius 1 is 1.60 bits per heavy atom. The molecule has 5 heteroatoms. The van der Waals surface area contributed by atoms with Crippen LogP contribution in [0.25, 0.3) is 0 Å². The second kappa shape index (κ2) is 5.60. The van der Waals surface area contributed by atoms with Crippen molar-refractivity contribution in [3.8, 4) is 0 Å². The maximum atomic E-state index is 11.6. The summed E-state index contributed by atoms with van der Waals surface area (Å²) in [4.78, 5) is 24.8. The highest BCUT2D eigenvalue weighted by molar-refractivity contribution is 7.98. The molecule has 1 rings (SSSR count). The van der Waals surface area contributed by atoms with E-state index < -0.39 is 0 Å². The normalized spacial score (nSPS) is 12.1. The number of aromatic nitrogens is 1. The summed E-state index contributed by atoms with van der Waals surface area (Å²) in [6, 6.07) is 2.98. The third-order valence-corrected chi connectivity index (χ3v) is 2.67. The molecule has 1 heterocycles. The lowest BCUT2D eigenvalue weighted by Gasteiger charge is -2.11. The maximum absolute atomic E-state index is 11.6. The molecule has 0 saturated heterocycles. The minimum atomic E-state index is -0.205. The molecular weight excluding hydrogens is 212 g/mol. The Kier molecular flexibility index (Phi) is 4.42. The van der Waals surface area contributed by atoms with Gasteiger partial charge in [-0.15, -0.1) is 0 Å². The maximum Gasteiger partial charge on any atom is 0.252 e. The highest BCUT2D eigenvalue weighted by Gasteiger charge is 2.08. The van der Waals surface area contributed by atoms with Crippen LogP contribution in [0.15, 0.2) is 23.1 Å². The van der Waals surface area contributed by atoms with E-state index in [1.165, 1.54) is 18.3 Å². The van der Waals surface area contributed by atoms with Gasteiger partial charge in [0, 0.05) is 24.1 Å². The van der Waals surface area contributed by atoms with Gasteiger partial charge < -0.3 is 10.3 Å². The Morgan fingerprint density at radius 2 is 2.33 bits per heavy atom. The van der Waals surface area contributed by atoms with Crippen molar-refractivity contribution in [1.82, 2.24) is 10.3 Å². The molecule has 0 fully saturated rings. The monoisotopic (exact) mass is 226 g/mol. The van der Waals surface area contributed by atoms with Crippen molar-refractivity contribution in [2.75, 3.05) is 12.0 Å². The van der Waals surface area contributed by atoms with E-state index in [1.807, 2.05) is 13.2 Å². The molecule has 1 unspecified atom stereocenters. The first kappa shape index (κ1) is 11.8. The van der Waals surface area contributed by atoms with Crippen LogP contribution in [0.4, 0.5) is 0 Å². The van der Waals surface area contributed by atoms with E-state index in [0.29, 0.717) is 5.56 Å². The molecule has 1 amide bonds. The van der Waals surface area contributed by atoms with Crippen molar-refractivity contribution in [3.05, 3.63) is 34.2 Å². The van der Waals surface area contributed by atoms with Crippen LogP contribution < -0.4 is 10.9 Å². The van der Waals surface area contributed by atoms with Crippen molar-refractivity contribution in [2.45, 2.75) is 13.0 Å². The molecule has 2 N–H and O–H groups in total. The van der Waals surface area contributed by atoms with Crippen molar-refractivity contribution >= 4 is 17.7 Å². The molecule has 0 radical (unpaired) electrons. The summed E-state index contributed by atoms with van der Waals surface area (Å²) >= 11 is 1.68. The van der Waals surface area contributed by atoms with Gasteiger partial charge >= 0.3 is 0 Å². The van der Waals surface area contributed by atoms with Crippen molar-refractivity contribution in [2.24, 2.45) is 0 Å². The van der Waals surface area contributed by atoms with E-state index in [0.717, 1.165) is 5.75 Å². The summed E-state index contributed by atoms with van der Waals surface area (Å²) in [5, 5.41) is 2.83. The Balaban J connectivity index is 2.61. The van der Waals surface area contributed by atoms with Gasteiger partial charge in [0.1, 0.15) is 0 Å². The van der Waals surface area contributed by atoms with Crippen LogP contribution in [-0.4, -0.2) is 28.9 Å². The number of carbonyl (C=O) groups is 1. The second-order valence-electron chi connectivity index (χ2n) is 3.27. The van der Waals surface area contributed by atoms with Gasteiger partial charge in [-0.2, -0.15) is 11.8 Å². The zero-order chi connectivity index (χ0) is 11.3. The smallest absolute Gasteiger partial charge is 0.252 e. The van der Waals surface area contributed by atoms with E-state index in [2.05, 4.69) is 10.3 Å². The standard InChI is InChI=1S/C10H14N2O2S/c1-7(6-15-2)12-10(14)8-3-4-9(13)11-5-8/h3-5,7H,6H2,1-2H3,(H,11,13)(H,12,14). The van der Waals surface area contributed by atoms with Crippen LogP contribution in [0.5, 0.6) is 0 Å². The first-order valence-electron chi connectivity index (χ1n) is 4.62. The van der Waals surface area contributed by atoms with Crippen LogP contribution in [-0.2, 0) is 0 Å². The van der Waals surface area contributed by atoms with Crippen LogP contribution in [0.2, 0.25) is 0 Å². The molecule has 1 aromatic heterocycles. The van der Waals surface area contributed by atoms with Crippen LogP contribution in [0, 0.1) is 0 Å². The summed E-state index contributed by atoms with van der Waals surface area (Å²) in [6.07, 6.45) is 3.41. The minimum Gasteiger partial charge on any atom is -0.349 e. The Bertz CT molecular complexity index is 369. The number of hydrogen-bond donors (Lipinski definition) is 2. The molecular formula is C10H14N2O2S. The minimum absolute atomic E-state index is 0.124. The molecule has 15 heavy (non-hydrogen) atoms. The fourth-order valence-electron chi connectivity index (χ4n) is 1.15. The van der Waals surface area contributed by atoms with Gasteiger partial charge in [-0.1, -0.05) is 0 Å². The van der Waals surface area contributed by atoms with Gasteiger partial charge in [-0.05, 0) is 19.2 Å². The fourth-order valence-corrected chi connectivity index (χ4v) is 1.73. The van der Waals surface area contributed by atoms with Gasteiger partial charge in [0.15, 0.2) is 0 Å². The molecule has 0 bridgehead atoms. The second-order valence-corrected chi connectivity index (χ2v) is 4.18. The third-order valence-electron chi connectivity index (χ3n) is 1.84. The molecule has 0 aliphatic heterocycles. The third kappa shape index (κ3) is 3.79. The number of aromatic amines is 1. The molecule has 1 aromatic rings. The molecule has 0 aromatic carbocycles. The number of rotatable bonds is 4. The van der Waals surface area contributed by atoms with E-state index in [-0.39, 0.29) is 17.5 Å². The molecule has 1 atom stereocenters. The lowest BCUT2D eigenvalue weighted by atomic mass is 10.2. The number of amides is 1. The van der Waals surface area contributed by atoms with Crippen molar-refractivity contribution < 1.29 is 4.79 Å². The van der Waals surface area contributed by atoms with Crippen LogP contribution in [0.1, 0.15) is 17.3 Å². The largest absolute Gasteiger partial charge is 0.349 e. The van der Waals surface area contributed by atoms with Gasteiger partial charge in [-0.3, -0.25) is 9.59 Å². The number of H-pyrrole nitrogens is 1. The van der Waals surface area contributed by atoms with Crippen LogP contribution in [0.3, 0.4) is 0 Å². The predicted octanol–water partition coefficient (Wildman–Crippen LogP) is 0.856. The number of hydrogen-bond acceptors (Lipinski definition) is 3.